The van der Waals surface area contributed by atoms with Crippen LogP contribution in [0.3, 0.4) is 0 Å². The Bertz CT molecular complexity index is 347. The third-order valence-corrected chi connectivity index (χ3v) is 4.11. The van der Waals surface area contributed by atoms with E-state index in [2.05, 4.69) is 20.8 Å². The molecule has 0 amide bonds. The van der Waals surface area contributed by atoms with Gasteiger partial charge in [-0.3, -0.25) is 0 Å². The quantitative estimate of drug-likeness (QED) is 0.847. The first kappa shape index (κ1) is 12.7. The van der Waals surface area contributed by atoms with Crippen LogP contribution in [0.15, 0.2) is 22.8 Å². The second-order valence-corrected chi connectivity index (χ2v) is 6.52. The number of rotatable bonds is 2. The van der Waals surface area contributed by atoms with E-state index >= 15 is 0 Å². The predicted octanol–water partition coefficient (Wildman–Crippen LogP) is 3.79. The van der Waals surface area contributed by atoms with Gasteiger partial charge >= 0.3 is 0 Å². The predicted molar refractivity (Wildman–Crippen MR) is 68.8 cm³/mol. The maximum absolute atomic E-state index is 11.0. The molecule has 0 bridgehead atoms. The SMILES string of the molecule is CC(C)(C)C1CCCCC1(O)Cc1ccco1. The summed E-state index contributed by atoms with van der Waals surface area (Å²) < 4.78 is 5.40. The van der Waals surface area contributed by atoms with Gasteiger partial charge in [-0.05, 0) is 36.3 Å². The fraction of sp³-hybridized carbons (Fsp3) is 0.733. The van der Waals surface area contributed by atoms with E-state index in [1.165, 1.54) is 6.42 Å². The average Bonchev–Trinajstić information content (AvgIpc) is 2.68. The summed E-state index contributed by atoms with van der Waals surface area (Å²) in [6.45, 7) is 6.70. The lowest BCUT2D eigenvalue weighted by atomic mass is 9.62. The fourth-order valence-electron chi connectivity index (χ4n) is 3.39. The Labute approximate surface area is 104 Å². The molecule has 17 heavy (non-hydrogen) atoms. The summed E-state index contributed by atoms with van der Waals surface area (Å²) in [6, 6.07) is 3.86. The van der Waals surface area contributed by atoms with Gasteiger partial charge in [0.15, 0.2) is 0 Å². The highest BCUT2D eigenvalue weighted by atomic mass is 16.3. The van der Waals surface area contributed by atoms with Gasteiger partial charge in [-0.2, -0.15) is 0 Å². The van der Waals surface area contributed by atoms with Gasteiger partial charge in [0.05, 0.1) is 11.9 Å². The molecule has 2 atom stereocenters. The lowest BCUT2D eigenvalue weighted by molar-refractivity contribution is -0.0914. The lowest BCUT2D eigenvalue weighted by Crippen LogP contribution is -2.48. The van der Waals surface area contributed by atoms with Crippen LogP contribution < -0.4 is 0 Å². The minimum Gasteiger partial charge on any atom is -0.469 e. The summed E-state index contributed by atoms with van der Waals surface area (Å²) in [6.07, 6.45) is 6.73. The molecule has 2 rings (SSSR count). The summed E-state index contributed by atoms with van der Waals surface area (Å²) in [5.41, 5.74) is -0.434. The summed E-state index contributed by atoms with van der Waals surface area (Å²) in [5, 5.41) is 11.0. The van der Waals surface area contributed by atoms with Crippen molar-refractivity contribution in [3.63, 3.8) is 0 Å². The zero-order chi connectivity index (χ0) is 12.5. The highest BCUT2D eigenvalue weighted by Crippen LogP contribution is 2.45. The van der Waals surface area contributed by atoms with Crippen LogP contribution in [0, 0.1) is 11.3 Å². The summed E-state index contributed by atoms with van der Waals surface area (Å²) >= 11 is 0. The maximum Gasteiger partial charge on any atom is 0.106 e. The summed E-state index contributed by atoms with van der Waals surface area (Å²) in [4.78, 5) is 0. The second-order valence-electron chi connectivity index (χ2n) is 6.52. The molecule has 2 nitrogen and oxygen atoms in total. The third kappa shape index (κ3) is 2.74. The smallest absolute Gasteiger partial charge is 0.106 e. The molecule has 1 heterocycles. The van der Waals surface area contributed by atoms with Crippen molar-refractivity contribution in [1.82, 2.24) is 0 Å². The number of hydrogen-bond donors (Lipinski definition) is 1. The van der Waals surface area contributed by atoms with Crippen molar-refractivity contribution < 1.29 is 9.52 Å². The molecule has 1 aromatic heterocycles. The molecule has 0 aliphatic heterocycles. The molecule has 0 spiro atoms. The van der Waals surface area contributed by atoms with Crippen molar-refractivity contribution in [2.75, 3.05) is 0 Å². The molecule has 0 saturated heterocycles. The van der Waals surface area contributed by atoms with Crippen LogP contribution in [0.5, 0.6) is 0 Å². The fourth-order valence-corrected chi connectivity index (χ4v) is 3.39. The minimum atomic E-state index is -0.589. The highest BCUT2D eigenvalue weighted by Gasteiger charge is 2.45. The van der Waals surface area contributed by atoms with Crippen molar-refractivity contribution in [3.8, 4) is 0 Å². The molecule has 1 aliphatic carbocycles. The van der Waals surface area contributed by atoms with Gasteiger partial charge in [0.1, 0.15) is 5.76 Å². The van der Waals surface area contributed by atoms with Gasteiger partial charge in [-0.15, -0.1) is 0 Å². The molecule has 1 aromatic rings. The molecule has 1 fully saturated rings. The van der Waals surface area contributed by atoms with Crippen LogP contribution >= 0.6 is 0 Å². The first-order chi connectivity index (χ1) is 7.92. The Morgan fingerprint density at radius 1 is 1.41 bits per heavy atom. The molecule has 96 valence electrons. The van der Waals surface area contributed by atoms with Gasteiger partial charge in [0.2, 0.25) is 0 Å². The molecule has 0 aromatic carbocycles. The average molecular weight is 236 g/mol. The molecule has 0 radical (unpaired) electrons. The van der Waals surface area contributed by atoms with E-state index in [0.717, 1.165) is 25.0 Å². The maximum atomic E-state index is 11.0. The Hall–Kier alpha value is -0.760. The Balaban J connectivity index is 2.19. The number of hydrogen-bond acceptors (Lipinski definition) is 2. The standard InChI is InChI=1S/C15H24O2/c1-14(2,3)13-8-4-5-9-15(13,16)11-12-7-6-10-17-12/h6-7,10,13,16H,4-5,8-9,11H2,1-3H3. The van der Waals surface area contributed by atoms with Crippen LogP contribution in [0.4, 0.5) is 0 Å². The van der Waals surface area contributed by atoms with Crippen LogP contribution in [0.2, 0.25) is 0 Å². The topological polar surface area (TPSA) is 33.4 Å². The molecular weight excluding hydrogens is 212 g/mol. The molecule has 1 saturated carbocycles. The van der Waals surface area contributed by atoms with Crippen molar-refractivity contribution >= 4 is 0 Å². The Morgan fingerprint density at radius 3 is 2.76 bits per heavy atom. The van der Waals surface area contributed by atoms with Gasteiger partial charge in [0.25, 0.3) is 0 Å². The van der Waals surface area contributed by atoms with E-state index < -0.39 is 5.60 Å². The van der Waals surface area contributed by atoms with E-state index in [1.54, 1.807) is 6.26 Å². The second kappa shape index (κ2) is 4.49. The van der Waals surface area contributed by atoms with Gasteiger partial charge in [-0.1, -0.05) is 33.6 Å². The zero-order valence-electron chi connectivity index (χ0n) is 11.2. The van der Waals surface area contributed by atoms with E-state index in [1.807, 2.05) is 12.1 Å². The first-order valence-electron chi connectivity index (χ1n) is 6.67. The number of aliphatic hydroxyl groups is 1. The Kier molecular flexibility index (Phi) is 3.35. The van der Waals surface area contributed by atoms with Crippen molar-refractivity contribution in [2.45, 2.75) is 58.5 Å². The van der Waals surface area contributed by atoms with Gasteiger partial charge < -0.3 is 9.52 Å². The largest absolute Gasteiger partial charge is 0.469 e. The van der Waals surface area contributed by atoms with E-state index in [9.17, 15) is 5.11 Å². The van der Waals surface area contributed by atoms with Crippen LogP contribution in [0.1, 0.15) is 52.2 Å². The molecule has 1 aliphatic rings. The van der Waals surface area contributed by atoms with Crippen LogP contribution in [-0.4, -0.2) is 10.7 Å². The summed E-state index contributed by atoms with van der Waals surface area (Å²) in [5.74, 6) is 1.26. The van der Waals surface area contributed by atoms with Gasteiger partial charge in [0, 0.05) is 6.42 Å². The number of furan rings is 1. The monoisotopic (exact) mass is 236 g/mol. The van der Waals surface area contributed by atoms with E-state index in [4.69, 9.17) is 4.42 Å². The molecule has 2 unspecified atom stereocenters. The van der Waals surface area contributed by atoms with E-state index in [-0.39, 0.29) is 5.41 Å². The van der Waals surface area contributed by atoms with Crippen molar-refractivity contribution in [2.24, 2.45) is 11.3 Å². The minimum absolute atomic E-state index is 0.155. The molecule has 1 N–H and O–H groups in total. The van der Waals surface area contributed by atoms with Crippen LogP contribution in [-0.2, 0) is 6.42 Å². The van der Waals surface area contributed by atoms with Crippen molar-refractivity contribution in [1.29, 1.82) is 0 Å². The van der Waals surface area contributed by atoms with E-state index in [0.29, 0.717) is 12.3 Å². The zero-order valence-corrected chi connectivity index (χ0v) is 11.2. The Morgan fingerprint density at radius 2 is 2.18 bits per heavy atom. The first-order valence-corrected chi connectivity index (χ1v) is 6.67. The third-order valence-electron chi connectivity index (χ3n) is 4.11. The van der Waals surface area contributed by atoms with Gasteiger partial charge in [-0.25, -0.2) is 0 Å². The summed E-state index contributed by atoms with van der Waals surface area (Å²) in [7, 11) is 0. The molecule has 2 heteroatoms. The lowest BCUT2D eigenvalue weighted by Gasteiger charge is -2.46. The molecular formula is C15H24O2. The highest BCUT2D eigenvalue weighted by molar-refractivity contribution is 5.07. The van der Waals surface area contributed by atoms with Crippen LogP contribution in [0.25, 0.3) is 0 Å². The normalized spacial score (nSPS) is 30.5. The van der Waals surface area contributed by atoms with Crippen molar-refractivity contribution in [3.05, 3.63) is 24.2 Å².